The second-order valence-corrected chi connectivity index (χ2v) is 3.20. The van der Waals surface area contributed by atoms with Crippen LogP contribution in [0.2, 0.25) is 0 Å². The largest absolute Gasteiger partial charge is 0.345 e. The maximum atomic E-state index is 11.4. The number of benzene rings is 1. The molecule has 0 atom stereocenters. The van der Waals surface area contributed by atoms with Crippen LogP contribution in [-0.4, -0.2) is 24.9 Å². The molecule has 2 nitrogen and oxygen atoms in total. The second kappa shape index (κ2) is 13.1. The summed E-state index contributed by atoms with van der Waals surface area (Å²) in [4.78, 5) is 13.7. The van der Waals surface area contributed by atoms with Crippen LogP contribution in [-0.2, 0) is 0 Å². The van der Waals surface area contributed by atoms with Crippen molar-refractivity contribution < 1.29 is 23.6 Å². The van der Waals surface area contributed by atoms with Gasteiger partial charge in [0.2, 0.25) is 0 Å². The summed E-state index contributed by atoms with van der Waals surface area (Å²) < 4.78 is 0. The Morgan fingerprint density at radius 3 is 1.82 bits per heavy atom. The molecule has 0 aliphatic carbocycles. The molecule has 0 saturated heterocycles. The van der Waals surface area contributed by atoms with Crippen LogP contribution in [0.15, 0.2) is 29.2 Å². The van der Waals surface area contributed by atoms with E-state index in [9.17, 15) is 4.79 Å². The molecular weight excluding hydrogens is 282 g/mol. The van der Waals surface area contributed by atoms with Crippen molar-refractivity contribution in [3.63, 3.8) is 0 Å². The highest BCUT2D eigenvalue weighted by Gasteiger charge is 2.09. The smallest absolute Gasteiger partial charge is 0.254 e. The summed E-state index contributed by atoms with van der Waals surface area (Å²) in [5, 5.41) is 0. The van der Waals surface area contributed by atoms with Crippen molar-refractivity contribution >= 4 is 30.9 Å². The van der Waals surface area contributed by atoms with Gasteiger partial charge in [-0.2, -0.15) is 0 Å². The van der Waals surface area contributed by atoms with Gasteiger partial charge in [-0.05, 0) is 12.1 Å². The predicted molar refractivity (Wildman–Crippen MR) is 69.0 cm³/mol. The lowest BCUT2D eigenvalue weighted by atomic mass is 10.2. The molecule has 0 N–H and O–H groups in total. The number of carbonyl (C=O) groups excluding carboxylic acids is 1. The summed E-state index contributed by atoms with van der Waals surface area (Å²) in [6.07, 6.45) is 0. The van der Waals surface area contributed by atoms with Crippen molar-refractivity contribution in [1.82, 2.24) is 4.90 Å². The Kier molecular flexibility index (Phi) is 23.0. The van der Waals surface area contributed by atoms with E-state index in [1.807, 2.05) is 12.1 Å². The summed E-state index contributed by atoms with van der Waals surface area (Å²) in [5.41, 5.74) is 0.644. The normalized spacial score (nSPS) is 6.76. The molecular formula is C9H16ClF4NOS. The molecule has 0 heterocycles. The summed E-state index contributed by atoms with van der Waals surface area (Å²) in [6.45, 7) is 0. The highest BCUT2D eigenvalue weighted by Crippen LogP contribution is 2.13. The number of halogens is 5. The van der Waals surface area contributed by atoms with Gasteiger partial charge in [-0.25, -0.2) is 0 Å². The average Bonchev–Trinajstić information content (AvgIpc) is 2.04. The monoisotopic (exact) mass is 297 g/mol. The molecule has 0 saturated carbocycles. The number of carbonyl (C=O) groups is 1. The maximum absolute atomic E-state index is 11.4. The Labute approximate surface area is 109 Å². The summed E-state index contributed by atoms with van der Waals surface area (Å²) in [5.74, 6) is -0.0133. The molecule has 17 heavy (non-hydrogen) atoms. The quantitative estimate of drug-likeness (QED) is 0.624. The van der Waals surface area contributed by atoms with E-state index in [-0.39, 0.29) is 37.1 Å². The summed E-state index contributed by atoms with van der Waals surface area (Å²) in [6, 6.07) is 7.26. The Hall–Kier alpha value is -0.950. The number of amides is 1. The van der Waals surface area contributed by atoms with Gasteiger partial charge in [-0.15, -0.1) is 25.0 Å². The number of nitrogens with zero attached hydrogens (tertiary/aromatic N) is 1. The summed E-state index contributed by atoms with van der Waals surface area (Å²) in [7, 11) is 3.45. The van der Waals surface area contributed by atoms with Crippen LogP contribution >= 0.6 is 25.0 Å². The van der Waals surface area contributed by atoms with Gasteiger partial charge >= 0.3 is 0 Å². The first kappa shape index (κ1) is 29.8. The fourth-order valence-electron chi connectivity index (χ4n) is 0.895. The van der Waals surface area contributed by atoms with Crippen molar-refractivity contribution in [2.24, 2.45) is 0 Å². The zero-order chi connectivity index (χ0) is 9.14. The highest BCUT2D eigenvalue weighted by molar-refractivity contribution is 7.80. The third kappa shape index (κ3) is 7.87. The van der Waals surface area contributed by atoms with Crippen molar-refractivity contribution in [1.29, 1.82) is 0 Å². The van der Waals surface area contributed by atoms with Gasteiger partial charge in [0, 0.05) is 19.0 Å². The standard InChI is InChI=1S/C9H11NOS.ClH.4FH/c1-10(2)9(11)7-5-3-4-6-8(7)12;;;;;/h3-6,12H,1-2H3;5*1H. The molecule has 1 aromatic rings. The van der Waals surface area contributed by atoms with Gasteiger partial charge in [0.05, 0.1) is 5.56 Å². The minimum absolute atomic E-state index is 0. The Morgan fingerprint density at radius 1 is 1.06 bits per heavy atom. The number of hydrogen-bond donors (Lipinski definition) is 1. The molecule has 0 radical (unpaired) electrons. The van der Waals surface area contributed by atoms with E-state index >= 15 is 0 Å². The fraction of sp³-hybridized carbons (Fsp3) is 0.222. The minimum Gasteiger partial charge on any atom is -0.345 e. The molecule has 1 rings (SSSR count). The van der Waals surface area contributed by atoms with Crippen molar-refractivity contribution in [2.45, 2.75) is 4.90 Å². The SMILES string of the molecule is CN(C)C(=O)c1ccccc1S.Cl.F.F.F.F. The van der Waals surface area contributed by atoms with Crippen LogP contribution in [0.5, 0.6) is 0 Å². The Morgan fingerprint density at radius 2 is 1.47 bits per heavy atom. The van der Waals surface area contributed by atoms with Crippen molar-refractivity contribution in [2.75, 3.05) is 14.1 Å². The van der Waals surface area contributed by atoms with Gasteiger partial charge in [-0.1, -0.05) is 12.1 Å². The molecule has 0 aromatic heterocycles. The van der Waals surface area contributed by atoms with E-state index in [1.165, 1.54) is 4.90 Å². The molecule has 0 unspecified atom stereocenters. The molecule has 0 aliphatic heterocycles. The maximum Gasteiger partial charge on any atom is 0.254 e. The van der Waals surface area contributed by atoms with Crippen LogP contribution in [0.3, 0.4) is 0 Å². The first-order valence-electron chi connectivity index (χ1n) is 3.62. The van der Waals surface area contributed by atoms with Gasteiger partial charge < -0.3 is 4.90 Å². The van der Waals surface area contributed by atoms with E-state index in [2.05, 4.69) is 12.6 Å². The lowest BCUT2D eigenvalue weighted by molar-refractivity contribution is 0.0824. The second-order valence-electron chi connectivity index (χ2n) is 2.72. The van der Waals surface area contributed by atoms with Gasteiger partial charge in [0.1, 0.15) is 0 Å². The Bertz CT molecular complexity index is 315. The first-order valence-corrected chi connectivity index (χ1v) is 4.07. The van der Waals surface area contributed by atoms with E-state index in [0.717, 1.165) is 4.90 Å². The van der Waals surface area contributed by atoms with Crippen LogP contribution in [0.1, 0.15) is 10.4 Å². The van der Waals surface area contributed by atoms with Crippen molar-refractivity contribution in [3.8, 4) is 0 Å². The molecule has 104 valence electrons. The van der Waals surface area contributed by atoms with Gasteiger partial charge in [0.25, 0.3) is 5.91 Å². The van der Waals surface area contributed by atoms with Crippen LogP contribution in [0.25, 0.3) is 0 Å². The molecule has 0 aliphatic rings. The third-order valence-corrected chi connectivity index (χ3v) is 1.93. The van der Waals surface area contributed by atoms with E-state index in [4.69, 9.17) is 0 Å². The number of rotatable bonds is 1. The summed E-state index contributed by atoms with van der Waals surface area (Å²) >= 11 is 4.18. The van der Waals surface area contributed by atoms with E-state index in [0.29, 0.717) is 5.56 Å². The van der Waals surface area contributed by atoms with E-state index in [1.54, 1.807) is 26.2 Å². The third-order valence-electron chi connectivity index (χ3n) is 1.54. The minimum atomic E-state index is -0.0133. The zero-order valence-electron chi connectivity index (χ0n) is 9.15. The number of hydrogen-bond acceptors (Lipinski definition) is 2. The molecule has 1 amide bonds. The molecule has 0 fully saturated rings. The lowest BCUT2D eigenvalue weighted by Crippen LogP contribution is -2.21. The molecule has 0 bridgehead atoms. The van der Waals surface area contributed by atoms with Gasteiger partial charge in [-0.3, -0.25) is 23.6 Å². The average molecular weight is 298 g/mol. The molecule has 0 spiro atoms. The Balaban J connectivity index is -0.0000000960. The fourth-order valence-corrected chi connectivity index (χ4v) is 1.15. The topological polar surface area (TPSA) is 20.3 Å². The molecule has 1 aromatic carbocycles. The van der Waals surface area contributed by atoms with Crippen LogP contribution in [0, 0.1) is 0 Å². The predicted octanol–water partition coefficient (Wildman–Crippen LogP) is 2.71. The number of thiol groups is 1. The first-order chi connectivity index (χ1) is 5.63. The van der Waals surface area contributed by atoms with Crippen molar-refractivity contribution in [3.05, 3.63) is 29.8 Å². The molecule has 8 heteroatoms. The van der Waals surface area contributed by atoms with Crippen LogP contribution in [0.4, 0.5) is 18.8 Å². The van der Waals surface area contributed by atoms with Crippen LogP contribution < -0.4 is 0 Å². The highest BCUT2D eigenvalue weighted by atomic mass is 35.5. The van der Waals surface area contributed by atoms with Gasteiger partial charge in [0.15, 0.2) is 0 Å². The zero-order valence-corrected chi connectivity index (χ0v) is 10.9. The van der Waals surface area contributed by atoms with E-state index < -0.39 is 0 Å². The lowest BCUT2D eigenvalue weighted by Gasteiger charge is -2.11.